The normalized spacial score (nSPS) is 12.1. The number of nitriles is 1. The lowest BCUT2D eigenvalue weighted by Crippen LogP contribution is -2.08. The summed E-state index contributed by atoms with van der Waals surface area (Å²) in [5, 5.41) is 10.8. The van der Waals surface area contributed by atoms with E-state index in [1.807, 2.05) is 117 Å². The first-order valence-corrected chi connectivity index (χ1v) is 13.3. The van der Waals surface area contributed by atoms with Crippen molar-refractivity contribution in [1.82, 2.24) is 3.97 Å². The van der Waals surface area contributed by atoms with E-state index >= 15 is 0 Å². The molecule has 3 nitrogen and oxygen atoms in total. The minimum atomic E-state index is -1.45. The zero-order chi connectivity index (χ0) is 24.0. The van der Waals surface area contributed by atoms with Crippen LogP contribution in [0, 0.1) is 18.3 Å². The van der Waals surface area contributed by atoms with Crippen molar-refractivity contribution in [2.24, 2.45) is 0 Å². The highest BCUT2D eigenvalue weighted by Gasteiger charge is 2.25. The Morgan fingerprint density at radius 3 is 2.27 bits per heavy atom. The SMILES string of the molecule is C/C=C(\SC)c1c(-c2ccccc2C#N)c2ccccc2n1S(=O)c1ccc(C)cc1.CC. The van der Waals surface area contributed by atoms with E-state index < -0.39 is 11.0 Å². The van der Waals surface area contributed by atoms with Gasteiger partial charge in [0.2, 0.25) is 0 Å². The number of para-hydroxylation sites is 1. The second kappa shape index (κ2) is 11.2. The minimum absolute atomic E-state index is 0.601. The van der Waals surface area contributed by atoms with Gasteiger partial charge in [0.15, 0.2) is 11.0 Å². The Balaban J connectivity index is 0.00000149. The lowest BCUT2D eigenvalue weighted by molar-refractivity contribution is 0.678. The van der Waals surface area contributed by atoms with Crippen molar-refractivity contribution in [1.29, 1.82) is 5.26 Å². The van der Waals surface area contributed by atoms with Crippen LogP contribution in [0.15, 0.2) is 83.8 Å². The average Bonchev–Trinajstić information content (AvgIpc) is 3.20. The van der Waals surface area contributed by atoms with Crippen LogP contribution in [0.4, 0.5) is 0 Å². The predicted octanol–water partition coefficient (Wildman–Crippen LogP) is 7.81. The van der Waals surface area contributed by atoms with Gasteiger partial charge in [-0.3, -0.25) is 3.97 Å². The first kappa shape index (κ1) is 24.6. The van der Waals surface area contributed by atoms with Crippen LogP contribution in [0.5, 0.6) is 0 Å². The molecule has 3 aromatic carbocycles. The van der Waals surface area contributed by atoms with Crippen LogP contribution in [0.3, 0.4) is 0 Å². The molecular weight excluding hydrogens is 444 g/mol. The van der Waals surface area contributed by atoms with E-state index in [1.54, 1.807) is 11.8 Å². The van der Waals surface area contributed by atoms with E-state index in [-0.39, 0.29) is 0 Å². The molecule has 0 radical (unpaired) electrons. The fraction of sp³-hybridized carbons (Fsp3) is 0.179. The maximum absolute atomic E-state index is 13.9. The maximum atomic E-state index is 13.9. The molecule has 1 unspecified atom stereocenters. The Morgan fingerprint density at radius 1 is 1.00 bits per heavy atom. The van der Waals surface area contributed by atoms with Crippen molar-refractivity contribution >= 4 is 38.6 Å². The molecule has 1 atom stereocenters. The molecule has 0 bridgehead atoms. The largest absolute Gasteiger partial charge is 0.254 e. The van der Waals surface area contributed by atoms with Crippen molar-refractivity contribution in [3.8, 4) is 17.2 Å². The number of allylic oxidation sites excluding steroid dienone is 1. The summed E-state index contributed by atoms with van der Waals surface area (Å²) in [5.74, 6) is 0. The molecule has 0 saturated carbocycles. The Bertz CT molecular complexity index is 1360. The zero-order valence-corrected chi connectivity index (χ0v) is 21.3. The van der Waals surface area contributed by atoms with Crippen LogP contribution in [0.1, 0.15) is 37.6 Å². The first-order valence-electron chi connectivity index (χ1n) is 10.9. The molecular formula is C28H28N2OS2. The van der Waals surface area contributed by atoms with Crippen LogP contribution in [0.2, 0.25) is 0 Å². The van der Waals surface area contributed by atoms with Gasteiger partial charge >= 0.3 is 0 Å². The molecule has 1 aromatic heterocycles. The molecule has 0 amide bonds. The summed E-state index contributed by atoms with van der Waals surface area (Å²) in [6.45, 7) is 8.01. The topological polar surface area (TPSA) is 45.8 Å². The molecule has 0 aliphatic rings. The molecule has 5 heteroatoms. The Morgan fingerprint density at radius 2 is 1.64 bits per heavy atom. The highest BCUT2D eigenvalue weighted by molar-refractivity contribution is 8.07. The number of aromatic nitrogens is 1. The molecule has 33 heavy (non-hydrogen) atoms. The Kier molecular flexibility index (Phi) is 8.32. The summed E-state index contributed by atoms with van der Waals surface area (Å²) in [6.07, 6.45) is 4.06. The van der Waals surface area contributed by atoms with E-state index in [9.17, 15) is 9.47 Å². The monoisotopic (exact) mass is 472 g/mol. The summed E-state index contributed by atoms with van der Waals surface area (Å²) >= 11 is 1.61. The highest BCUT2D eigenvalue weighted by Crippen LogP contribution is 2.43. The molecule has 0 fully saturated rings. The summed E-state index contributed by atoms with van der Waals surface area (Å²) in [7, 11) is -1.45. The summed E-state index contributed by atoms with van der Waals surface area (Å²) in [6, 6.07) is 25.7. The zero-order valence-electron chi connectivity index (χ0n) is 19.6. The summed E-state index contributed by atoms with van der Waals surface area (Å²) in [4.78, 5) is 1.75. The summed E-state index contributed by atoms with van der Waals surface area (Å²) in [5.41, 5.74) is 5.27. The van der Waals surface area contributed by atoms with E-state index in [0.717, 1.165) is 43.1 Å². The number of hydrogen-bond donors (Lipinski definition) is 0. The third-order valence-corrected chi connectivity index (χ3v) is 7.51. The fourth-order valence-corrected chi connectivity index (χ4v) is 5.74. The van der Waals surface area contributed by atoms with Gasteiger partial charge in [-0.15, -0.1) is 11.8 Å². The molecule has 0 saturated heterocycles. The number of thioether (sulfide) groups is 1. The van der Waals surface area contributed by atoms with Crippen LogP contribution in [-0.2, 0) is 11.0 Å². The molecule has 4 rings (SSSR count). The van der Waals surface area contributed by atoms with Crippen molar-refractivity contribution < 1.29 is 4.21 Å². The standard InChI is InChI=1S/C26H22N2OS2.C2H6/c1-4-24(30-3)26-25(21-10-6-5-9-19(21)17-27)22-11-7-8-12-23(22)28(26)31(29)20-15-13-18(2)14-16-20;1-2/h4-16H,1-3H3;1-2H3/b24-4-;. The fourth-order valence-electron chi connectivity index (χ4n) is 3.79. The summed E-state index contributed by atoms with van der Waals surface area (Å²) < 4.78 is 15.8. The van der Waals surface area contributed by atoms with Gasteiger partial charge < -0.3 is 0 Å². The van der Waals surface area contributed by atoms with Crippen molar-refractivity contribution in [2.45, 2.75) is 32.6 Å². The van der Waals surface area contributed by atoms with E-state index in [4.69, 9.17) is 0 Å². The van der Waals surface area contributed by atoms with Gasteiger partial charge in [-0.25, -0.2) is 4.21 Å². The molecule has 0 N–H and O–H groups in total. The maximum Gasteiger partial charge on any atom is 0.157 e. The second-order valence-electron chi connectivity index (χ2n) is 7.11. The van der Waals surface area contributed by atoms with Crippen molar-refractivity contribution in [3.05, 3.63) is 95.7 Å². The number of aryl methyl sites for hydroxylation is 1. The van der Waals surface area contributed by atoms with Crippen molar-refractivity contribution in [2.75, 3.05) is 6.26 Å². The van der Waals surface area contributed by atoms with Gasteiger partial charge in [0, 0.05) is 21.4 Å². The molecule has 0 spiro atoms. The number of hydrogen-bond acceptors (Lipinski definition) is 3. The van der Waals surface area contributed by atoms with Gasteiger partial charge in [-0.2, -0.15) is 5.26 Å². The average molecular weight is 473 g/mol. The smallest absolute Gasteiger partial charge is 0.157 e. The molecule has 1 heterocycles. The molecule has 0 aliphatic carbocycles. The number of rotatable bonds is 5. The highest BCUT2D eigenvalue weighted by atomic mass is 32.2. The third kappa shape index (κ3) is 4.68. The van der Waals surface area contributed by atoms with E-state index in [2.05, 4.69) is 6.07 Å². The van der Waals surface area contributed by atoms with Crippen LogP contribution in [-0.4, -0.2) is 14.4 Å². The molecule has 168 valence electrons. The Labute approximate surface area is 203 Å². The lowest BCUT2D eigenvalue weighted by Gasteiger charge is -2.14. The van der Waals surface area contributed by atoms with Crippen LogP contribution in [0.25, 0.3) is 26.9 Å². The van der Waals surface area contributed by atoms with Gasteiger partial charge in [0.05, 0.1) is 27.7 Å². The van der Waals surface area contributed by atoms with Gasteiger partial charge in [0.25, 0.3) is 0 Å². The predicted molar refractivity (Wildman–Crippen MR) is 144 cm³/mol. The lowest BCUT2D eigenvalue weighted by atomic mass is 9.97. The first-order chi connectivity index (χ1) is 16.1. The minimum Gasteiger partial charge on any atom is -0.254 e. The number of nitrogens with zero attached hydrogens (tertiary/aromatic N) is 2. The van der Waals surface area contributed by atoms with Crippen molar-refractivity contribution in [3.63, 3.8) is 0 Å². The Hall–Kier alpha value is -3.07. The number of fused-ring (bicyclic) bond motifs is 1. The quantitative estimate of drug-likeness (QED) is 0.297. The third-order valence-electron chi connectivity index (χ3n) is 5.25. The van der Waals surface area contributed by atoms with Gasteiger partial charge in [0.1, 0.15) is 0 Å². The van der Waals surface area contributed by atoms with Crippen LogP contribution < -0.4 is 0 Å². The molecule has 4 aromatic rings. The van der Waals surface area contributed by atoms with Gasteiger partial charge in [-0.05, 0) is 44.4 Å². The van der Waals surface area contributed by atoms with Crippen LogP contribution >= 0.6 is 11.8 Å². The second-order valence-corrected chi connectivity index (χ2v) is 9.29. The van der Waals surface area contributed by atoms with E-state index in [1.165, 1.54) is 0 Å². The number of benzene rings is 3. The molecule has 0 aliphatic heterocycles. The van der Waals surface area contributed by atoms with Gasteiger partial charge in [-0.1, -0.05) is 74.0 Å². The van der Waals surface area contributed by atoms with E-state index in [0.29, 0.717) is 5.56 Å².